The van der Waals surface area contributed by atoms with Crippen LogP contribution in [-0.4, -0.2) is 22.7 Å². The van der Waals surface area contributed by atoms with Gasteiger partial charge in [0.1, 0.15) is 0 Å². The zero-order valence-electron chi connectivity index (χ0n) is 9.94. The summed E-state index contributed by atoms with van der Waals surface area (Å²) < 4.78 is 5.37. The van der Waals surface area contributed by atoms with Gasteiger partial charge in [-0.2, -0.15) is 0 Å². The van der Waals surface area contributed by atoms with Crippen LogP contribution in [0.2, 0.25) is 5.02 Å². The van der Waals surface area contributed by atoms with Crippen LogP contribution in [0.4, 0.5) is 0 Å². The molecule has 0 aliphatic rings. The Morgan fingerprint density at radius 1 is 1.53 bits per heavy atom. The first-order chi connectivity index (χ1) is 8.00. The van der Waals surface area contributed by atoms with Crippen molar-refractivity contribution >= 4 is 17.6 Å². The first-order valence-corrected chi connectivity index (χ1v) is 5.91. The van der Waals surface area contributed by atoms with E-state index < -0.39 is 5.97 Å². The van der Waals surface area contributed by atoms with Crippen molar-refractivity contribution in [1.29, 1.82) is 0 Å². The van der Waals surface area contributed by atoms with Gasteiger partial charge in [0, 0.05) is 6.07 Å². The number of ether oxygens (including phenoxy) is 1. The largest absolute Gasteiger partial charge is 0.478 e. The van der Waals surface area contributed by atoms with E-state index in [0.29, 0.717) is 18.4 Å². The lowest BCUT2D eigenvalue weighted by Gasteiger charge is -2.07. The molecule has 0 atom stereocenters. The minimum absolute atomic E-state index is 0.118. The molecule has 0 saturated heterocycles. The molecule has 0 amide bonds. The lowest BCUT2D eigenvalue weighted by Crippen LogP contribution is -2.05. The molecule has 0 aliphatic carbocycles. The summed E-state index contributed by atoms with van der Waals surface area (Å²) in [4.78, 5) is 14.6. The highest BCUT2D eigenvalue weighted by molar-refractivity contribution is 6.33. The zero-order chi connectivity index (χ0) is 12.8. The predicted molar refractivity (Wildman–Crippen MR) is 65.8 cm³/mol. The molecule has 5 heteroatoms. The number of hydrogen-bond acceptors (Lipinski definition) is 3. The number of carboxylic acids is 1. The summed E-state index contributed by atoms with van der Waals surface area (Å²) in [6.45, 7) is 4.82. The van der Waals surface area contributed by atoms with Gasteiger partial charge < -0.3 is 9.84 Å². The van der Waals surface area contributed by atoms with Gasteiger partial charge in [-0.25, -0.2) is 9.78 Å². The lowest BCUT2D eigenvalue weighted by molar-refractivity contribution is 0.0689. The van der Waals surface area contributed by atoms with Gasteiger partial charge in [0.05, 0.1) is 11.6 Å². The monoisotopic (exact) mass is 257 g/mol. The van der Waals surface area contributed by atoms with Gasteiger partial charge in [0.2, 0.25) is 5.88 Å². The quantitative estimate of drug-likeness (QED) is 0.795. The summed E-state index contributed by atoms with van der Waals surface area (Å²) in [5.41, 5.74) is -0.173. The molecule has 4 nitrogen and oxygen atoms in total. The van der Waals surface area contributed by atoms with E-state index >= 15 is 0 Å². The fourth-order valence-electron chi connectivity index (χ4n) is 1.32. The van der Waals surface area contributed by atoms with E-state index in [2.05, 4.69) is 18.8 Å². The Bertz CT molecular complexity index is 393. The van der Waals surface area contributed by atoms with Gasteiger partial charge >= 0.3 is 5.97 Å². The minimum atomic E-state index is -1.15. The van der Waals surface area contributed by atoms with Gasteiger partial charge in [-0.15, -0.1) is 0 Å². The molecule has 0 fully saturated rings. The van der Waals surface area contributed by atoms with E-state index in [1.165, 1.54) is 6.07 Å². The highest BCUT2D eigenvalue weighted by Gasteiger charge is 2.11. The topological polar surface area (TPSA) is 59.4 Å². The third-order valence-corrected chi connectivity index (χ3v) is 2.50. The number of nitrogens with zero attached hydrogens (tertiary/aromatic N) is 1. The molecule has 0 spiro atoms. The van der Waals surface area contributed by atoms with Crippen molar-refractivity contribution in [2.24, 2.45) is 5.92 Å². The highest BCUT2D eigenvalue weighted by Crippen LogP contribution is 2.18. The summed E-state index contributed by atoms with van der Waals surface area (Å²) in [7, 11) is 0. The van der Waals surface area contributed by atoms with Crippen LogP contribution in [0.5, 0.6) is 5.88 Å². The van der Waals surface area contributed by atoms with Crippen molar-refractivity contribution in [2.45, 2.75) is 26.7 Å². The Labute approximate surface area is 106 Å². The van der Waals surface area contributed by atoms with E-state index in [-0.39, 0.29) is 10.7 Å². The van der Waals surface area contributed by atoms with Crippen LogP contribution in [0, 0.1) is 5.92 Å². The summed E-state index contributed by atoms with van der Waals surface area (Å²) in [6.07, 6.45) is 1.99. The van der Waals surface area contributed by atoms with Gasteiger partial charge in [0.15, 0.2) is 5.69 Å². The Morgan fingerprint density at radius 2 is 2.24 bits per heavy atom. The summed E-state index contributed by atoms with van der Waals surface area (Å²) in [6, 6.07) is 3.06. The lowest BCUT2D eigenvalue weighted by atomic mass is 10.1. The van der Waals surface area contributed by atoms with Crippen molar-refractivity contribution in [2.75, 3.05) is 6.61 Å². The van der Waals surface area contributed by atoms with Gasteiger partial charge in [-0.3, -0.25) is 0 Å². The number of pyridine rings is 1. The second-order valence-electron chi connectivity index (χ2n) is 4.17. The number of aromatic carboxylic acids is 1. The molecule has 1 aromatic heterocycles. The van der Waals surface area contributed by atoms with E-state index in [0.717, 1.165) is 12.8 Å². The molecule has 0 unspecified atom stereocenters. The molecule has 0 aromatic carbocycles. The van der Waals surface area contributed by atoms with E-state index in [9.17, 15) is 4.79 Å². The van der Waals surface area contributed by atoms with E-state index in [1.807, 2.05) is 0 Å². The second kappa shape index (κ2) is 6.45. The molecule has 0 bridgehead atoms. The molecule has 0 aliphatic heterocycles. The summed E-state index contributed by atoms with van der Waals surface area (Å²) >= 11 is 5.70. The van der Waals surface area contributed by atoms with Crippen LogP contribution in [0.25, 0.3) is 0 Å². The second-order valence-corrected chi connectivity index (χ2v) is 4.58. The summed E-state index contributed by atoms with van der Waals surface area (Å²) in [5, 5.41) is 8.95. The molecular formula is C12H16ClNO3. The molecule has 1 aromatic rings. The van der Waals surface area contributed by atoms with Gasteiger partial charge in [-0.1, -0.05) is 25.4 Å². The first-order valence-electron chi connectivity index (χ1n) is 5.53. The zero-order valence-corrected chi connectivity index (χ0v) is 10.7. The van der Waals surface area contributed by atoms with E-state index in [4.69, 9.17) is 21.4 Å². The van der Waals surface area contributed by atoms with Gasteiger partial charge in [0.25, 0.3) is 0 Å². The number of aromatic nitrogens is 1. The maximum atomic E-state index is 10.8. The number of carboxylic acid groups (broad SMARTS) is 1. The van der Waals surface area contributed by atoms with Crippen molar-refractivity contribution in [1.82, 2.24) is 4.98 Å². The highest BCUT2D eigenvalue weighted by atomic mass is 35.5. The van der Waals surface area contributed by atoms with Crippen molar-refractivity contribution in [3.8, 4) is 5.88 Å². The van der Waals surface area contributed by atoms with Crippen LogP contribution in [-0.2, 0) is 0 Å². The fourth-order valence-corrected chi connectivity index (χ4v) is 1.51. The standard InChI is InChI=1S/C12H16ClNO3/c1-8(2)4-3-7-17-10-6-5-9(13)11(14-10)12(15)16/h5-6,8H,3-4,7H2,1-2H3,(H,15,16). The Kier molecular flexibility index (Phi) is 5.22. The normalized spacial score (nSPS) is 10.6. The Morgan fingerprint density at radius 3 is 2.82 bits per heavy atom. The third-order valence-electron chi connectivity index (χ3n) is 2.20. The first kappa shape index (κ1) is 13.8. The van der Waals surface area contributed by atoms with Crippen molar-refractivity contribution in [3.63, 3.8) is 0 Å². The molecule has 1 heterocycles. The average molecular weight is 258 g/mol. The Balaban J connectivity index is 2.54. The molecule has 0 radical (unpaired) electrons. The predicted octanol–water partition coefficient (Wildman–Crippen LogP) is 3.25. The van der Waals surface area contributed by atoms with Gasteiger partial charge in [-0.05, 0) is 24.8 Å². The average Bonchev–Trinajstić information content (AvgIpc) is 2.25. The van der Waals surface area contributed by atoms with E-state index in [1.54, 1.807) is 6.07 Å². The Hall–Kier alpha value is -1.29. The summed E-state index contributed by atoms with van der Waals surface area (Å²) in [5.74, 6) is -0.218. The maximum absolute atomic E-state index is 10.8. The molecule has 1 rings (SSSR count). The van der Waals surface area contributed by atoms with Crippen molar-refractivity contribution in [3.05, 3.63) is 22.8 Å². The van der Waals surface area contributed by atoms with Crippen LogP contribution in [0.1, 0.15) is 37.2 Å². The van der Waals surface area contributed by atoms with Crippen LogP contribution in [0.3, 0.4) is 0 Å². The number of halogens is 1. The number of carbonyl (C=O) groups is 1. The fraction of sp³-hybridized carbons (Fsp3) is 0.500. The SMILES string of the molecule is CC(C)CCCOc1ccc(Cl)c(C(=O)O)n1. The molecule has 17 heavy (non-hydrogen) atoms. The molecular weight excluding hydrogens is 242 g/mol. The minimum Gasteiger partial charge on any atom is -0.478 e. The van der Waals surface area contributed by atoms with Crippen LogP contribution in [0.15, 0.2) is 12.1 Å². The molecule has 0 saturated carbocycles. The molecule has 1 N–H and O–H groups in total. The third kappa shape index (κ3) is 4.61. The van der Waals surface area contributed by atoms with Crippen molar-refractivity contribution < 1.29 is 14.6 Å². The molecule has 94 valence electrons. The smallest absolute Gasteiger partial charge is 0.356 e. The van der Waals surface area contributed by atoms with Crippen LogP contribution >= 0.6 is 11.6 Å². The van der Waals surface area contributed by atoms with Crippen LogP contribution < -0.4 is 4.74 Å². The maximum Gasteiger partial charge on any atom is 0.356 e. The number of hydrogen-bond donors (Lipinski definition) is 1. The number of rotatable bonds is 6.